The maximum Gasteiger partial charge on any atom is 0.242 e. The molecule has 1 N–H and O–H groups in total. The first-order valence-corrected chi connectivity index (χ1v) is 14.1. The van der Waals surface area contributed by atoms with Gasteiger partial charge in [-0.15, -0.1) is 0 Å². The molecule has 1 heterocycles. The summed E-state index contributed by atoms with van der Waals surface area (Å²) in [5.74, 6) is -0.190. The van der Waals surface area contributed by atoms with Gasteiger partial charge in [0.15, 0.2) is 11.5 Å². The summed E-state index contributed by atoms with van der Waals surface area (Å²) in [7, 11) is -3.65. The normalized spacial score (nSPS) is 13.2. The molecule has 1 aliphatic rings. The minimum Gasteiger partial charge on any atom is -0.454 e. The number of carbonyl (C=O) groups is 2. The average Bonchev–Trinajstić information content (AvgIpc) is 3.33. The SMILES string of the molecule is CCCCNC(=O)C(C)N(Cc1ccccc1F)C(=O)CCCN(c1ccc2c(c1)OCO2)S(C)(=O)=O. The monoisotopic (exact) mass is 535 g/mol. The molecule has 0 spiro atoms. The van der Waals surface area contributed by atoms with Crippen molar-refractivity contribution >= 4 is 27.5 Å². The van der Waals surface area contributed by atoms with E-state index < -0.39 is 21.9 Å². The molecule has 1 atom stereocenters. The van der Waals surface area contributed by atoms with E-state index in [-0.39, 0.29) is 44.5 Å². The molecule has 3 rings (SSSR count). The Kier molecular flexibility index (Phi) is 9.73. The highest BCUT2D eigenvalue weighted by Crippen LogP contribution is 2.36. The zero-order chi connectivity index (χ0) is 27.0. The molecule has 202 valence electrons. The lowest BCUT2D eigenvalue weighted by Gasteiger charge is -2.29. The number of hydrogen-bond donors (Lipinski definition) is 1. The van der Waals surface area contributed by atoms with Crippen molar-refractivity contribution in [2.45, 2.75) is 52.1 Å². The fourth-order valence-electron chi connectivity index (χ4n) is 3.97. The van der Waals surface area contributed by atoms with E-state index in [1.165, 1.54) is 15.3 Å². The van der Waals surface area contributed by atoms with Crippen LogP contribution >= 0.6 is 0 Å². The van der Waals surface area contributed by atoms with Crippen LogP contribution in [0.3, 0.4) is 0 Å². The van der Waals surface area contributed by atoms with Crippen LogP contribution in [-0.2, 0) is 26.2 Å². The Hall–Kier alpha value is -3.34. The fourth-order valence-corrected chi connectivity index (χ4v) is 4.93. The van der Waals surface area contributed by atoms with Gasteiger partial charge in [-0.2, -0.15) is 0 Å². The van der Waals surface area contributed by atoms with Crippen molar-refractivity contribution in [3.8, 4) is 11.5 Å². The van der Waals surface area contributed by atoms with Gasteiger partial charge in [-0.3, -0.25) is 13.9 Å². The first kappa shape index (κ1) is 28.2. The summed E-state index contributed by atoms with van der Waals surface area (Å²) in [6.45, 7) is 4.12. The van der Waals surface area contributed by atoms with E-state index in [9.17, 15) is 22.4 Å². The minimum atomic E-state index is -3.65. The molecule has 0 bridgehead atoms. The third-order valence-electron chi connectivity index (χ3n) is 6.09. The highest BCUT2D eigenvalue weighted by molar-refractivity contribution is 7.92. The predicted octanol–water partition coefficient (Wildman–Crippen LogP) is 3.43. The van der Waals surface area contributed by atoms with Gasteiger partial charge in [0.25, 0.3) is 0 Å². The van der Waals surface area contributed by atoms with Crippen molar-refractivity contribution in [3.05, 3.63) is 53.8 Å². The van der Waals surface area contributed by atoms with E-state index in [0.717, 1.165) is 19.1 Å². The molecule has 0 radical (unpaired) electrons. The van der Waals surface area contributed by atoms with Crippen molar-refractivity contribution < 1.29 is 31.9 Å². The van der Waals surface area contributed by atoms with Crippen molar-refractivity contribution in [1.82, 2.24) is 10.2 Å². The Morgan fingerprint density at radius 1 is 1.11 bits per heavy atom. The topological polar surface area (TPSA) is 105 Å². The van der Waals surface area contributed by atoms with Gasteiger partial charge in [0.2, 0.25) is 28.6 Å². The van der Waals surface area contributed by atoms with E-state index >= 15 is 0 Å². The largest absolute Gasteiger partial charge is 0.454 e. The molecule has 2 aromatic rings. The summed E-state index contributed by atoms with van der Waals surface area (Å²) in [6, 6.07) is 10.1. The molecule has 0 fully saturated rings. The molecule has 1 aliphatic heterocycles. The third-order valence-corrected chi connectivity index (χ3v) is 7.29. The highest BCUT2D eigenvalue weighted by atomic mass is 32.2. The van der Waals surface area contributed by atoms with Crippen LogP contribution < -0.4 is 19.1 Å². The Balaban J connectivity index is 1.72. The number of carbonyl (C=O) groups excluding carboxylic acids is 2. The minimum absolute atomic E-state index is 0.0302. The fraction of sp³-hybridized carbons (Fsp3) is 0.462. The van der Waals surface area contributed by atoms with E-state index in [4.69, 9.17) is 9.47 Å². The zero-order valence-electron chi connectivity index (χ0n) is 21.4. The van der Waals surface area contributed by atoms with Crippen LogP contribution in [0.2, 0.25) is 0 Å². The number of unbranched alkanes of at least 4 members (excludes halogenated alkanes) is 1. The second kappa shape index (κ2) is 12.8. The number of sulfonamides is 1. The lowest BCUT2D eigenvalue weighted by Crippen LogP contribution is -2.48. The van der Waals surface area contributed by atoms with Crippen molar-refractivity contribution in [2.75, 3.05) is 30.4 Å². The molecule has 2 amide bonds. The second-order valence-electron chi connectivity index (χ2n) is 8.91. The molecule has 9 nitrogen and oxygen atoms in total. The molecule has 0 saturated heterocycles. The lowest BCUT2D eigenvalue weighted by molar-refractivity contribution is -0.140. The molecule has 2 aromatic carbocycles. The molecule has 37 heavy (non-hydrogen) atoms. The zero-order valence-corrected chi connectivity index (χ0v) is 22.2. The Bertz CT molecular complexity index is 1210. The smallest absolute Gasteiger partial charge is 0.242 e. The predicted molar refractivity (Wildman–Crippen MR) is 138 cm³/mol. The summed E-state index contributed by atoms with van der Waals surface area (Å²) >= 11 is 0. The summed E-state index contributed by atoms with van der Waals surface area (Å²) < 4.78 is 51.2. The van der Waals surface area contributed by atoms with Crippen molar-refractivity contribution in [2.24, 2.45) is 0 Å². The number of ether oxygens (including phenoxy) is 2. The van der Waals surface area contributed by atoms with Gasteiger partial charge in [0, 0.05) is 37.7 Å². The van der Waals surface area contributed by atoms with E-state index in [1.54, 1.807) is 43.3 Å². The molecular formula is C26H34FN3O6S. The van der Waals surface area contributed by atoms with Gasteiger partial charge in [-0.05, 0) is 38.0 Å². The van der Waals surface area contributed by atoms with Crippen LogP contribution in [0.15, 0.2) is 42.5 Å². The van der Waals surface area contributed by atoms with Crippen LogP contribution in [0.5, 0.6) is 11.5 Å². The summed E-state index contributed by atoms with van der Waals surface area (Å²) in [5, 5.41) is 2.82. The van der Waals surface area contributed by atoms with E-state index in [0.29, 0.717) is 29.3 Å². The van der Waals surface area contributed by atoms with Crippen LogP contribution in [-0.4, -0.2) is 57.3 Å². The van der Waals surface area contributed by atoms with Gasteiger partial charge in [-0.25, -0.2) is 12.8 Å². The summed E-state index contributed by atoms with van der Waals surface area (Å²) in [4.78, 5) is 27.3. The average molecular weight is 536 g/mol. The quantitative estimate of drug-likeness (QED) is 0.394. The molecule has 1 unspecified atom stereocenters. The Morgan fingerprint density at radius 2 is 1.84 bits per heavy atom. The van der Waals surface area contributed by atoms with E-state index in [2.05, 4.69) is 5.32 Å². The number of benzene rings is 2. The van der Waals surface area contributed by atoms with E-state index in [1.807, 2.05) is 6.92 Å². The number of nitrogens with zero attached hydrogens (tertiary/aromatic N) is 2. The second-order valence-corrected chi connectivity index (χ2v) is 10.8. The number of amides is 2. The molecule has 0 aromatic heterocycles. The molecule has 0 saturated carbocycles. The Labute approximate surface area is 217 Å². The van der Waals surface area contributed by atoms with Crippen LogP contribution in [0.1, 0.15) is 45.1 Å². The van der Waals surface area contributed by atoms with Crippen LogP contribution in [0, 0.1) is 5.82 Å². The number of anilines is 1. The van der Waals surface area contributed by atoms with Crippen LogP contribution in [0.4, 0.5) is 10.1 Å². The van der Waals surface area contributed by atoms with Crippen molar-refractivity contribution in [1.29, 1.82) is 0 Å². The summed E-state index contributed by atoms with van der Waals surface area (Å²) in [6.07, 6.45) is 2.97. The third kappa shape index (κ3) is 7.58. The van der Waals surface area contributed by atoms with Crippen molar-refractivity contribution in [3.63, 3.8) is 0 Å². The standard InChI is InChI=1S/C26H34FN3O6S/c1-4-5-14-28-26(32)19(2)29(17-20-9-6-7-10-22(20)27)25(31)11-8-15-30(37(3,33)34)21-12-13-23-24(16-21)36-18-35-23/h6-7,9-10,12-13,16,19H,4-5,8,11,14-15,17-18H2,1-3H3,(H,28,32). The molecular weight excluding hydrogens is 501 g/mol. The number of halogens is 1. The number of hydrogen-bond acceptors (Lipinski definition) is 6. The number of nitrogens with one attached hydrogen (secondary N) is 1. The highest BCUT2D eigenvalue weighted by Gasteiger charge is 2.27. The van der Waals surface area contributed by atoms with Gasteiger partial charge in [0.1, 0.15) is 11.9 Å². The maximum atomic E-state index is 14.4. The van der Waals surface area contributed by atoms with Crippen LogP contribution in [0.25, 0.3) is 0 Å². The van der Waals surface area contributed by atoms with Gasteiger partial charge < -0.3 is 19.7 Å². The maximum absolute atomic E-state index is 14.4. The Morgan fingerprint density at radius 3 is 2.54 bits per heavy atom. The first-order valence-electron chi connectivity index (χ1n) is 12.3. The van der Waals surface area contributed by atoms with Gasteiger partial charge >= 0.3 is 0 Å². The number of fused-ring (bicyclic) bond motifs is 1. The summed E-state index contributed by atoms with van der Waals surface area (Å²) in [5.41, 5.74) is 0.688. The molecule has 0 aliphatic carbocycles. The lowest BCUT2D eigenvalue weighted by atomic mass is 10.1. The number of rotatable bonds is 13. The first-order chi connectivity index (χ1) is 17.6. The van der Waals surface area contributed by atoms with Gasteiger partial charge in [-0.1, -0.05) is 31.5 Å². The molecule has 11 heteroatoms. The van der Waals surface area contributed by atoms with Gasteiger partial charge in [0.05, 0.1) is 11.9 Å².